The quantitative estimate of drug-likeness (QED) is 0.606. The molecule has 0 bridgehead atoms. The van der Waals surface area contributed by atoms with Crippen molar-refractivity contribution in [3.63, 3.8) is 0 Å². The number of carbonyl (C=O) groups is 1. The van der Waals surface area contributed by atoms with E-state index in [9.17, 15) is 25.0 Å². The fourth-order valence-electron chi connectivity index (χ4n) is 1.70. The molecule has 0 atom stereocenters. The van der Waals surface area contributed by atoms with Gasteiger partial charge in [0, 0.05) is 17.8 Å². The van der Waals surface area contributed by atoms with Gasteiger partial charge in [0.05, 0.1) is 22.0 Å². The molecular formula is C10H8N4O5. The maximum Gasteiger partial charge on any atom is 0.348 e. The molecular weight excluding hydrogens is 256 g/mol. The third-order valence-corrected chi connectivity index (χ3v) is 2.51. The van der Waals surface area contributed by atoms with Gasteiger partial charge < -0.3 is 0 Å². The predicted molar refractivity (Wildman–Crippen MR) is 65.0 cm³/mol. The first kappa shape index (κ1) is 12.6. The molecule has 1 heterocycles. The lowest BCUT2D eigenvalue weighted by molar-refractivity contribution is -0.422. The third kappa shape index (κ3) is 2.25. The summed E-state index contributed by atoms with van der Waals surface area (Å²) in [6.45, 7) is 1.65. The van der Waals surface area contributed by atoms with Crippen LogP contribution in [0.1, 0.15) is 13.3 Å². The van der Waals surface area contributed by atoms with Crippen molar-refractivity contribution in [3.8, 4) is 0 Å². The van der Waals surface area contributed by atoms with Gasteiger partial charge >= 0.3 is 11.4 Å². The smallest absolute Gasteiger partial charge is 0.272 e. The van der Waals surface area contributed by atoms with Gasteiger partial charge in [0.1, 0.15) is 0 Å². The Labute approximate surface area is 106 Å². The maximum atomic E-state index is 11.6. The highest BCUT2D eigenvalue weighted by atomic mass is 16.6. The van der Waals surface area contributed by atoms with Crippen molar-refractivity contribution in [2.45, 2.75) is 13.3 Å². The Morgan fingerprint density at radius 1 is 1.21 bits per heavy atom. The number of amides is 1. The zero-order valence-corrected chi connectivity index (χ0v) is 9.77. The first-order valence-electron chi connectivity index (χ1n) is 5.20. The predicted octanol–water partition coefficient (Wildman–Crippen LogP) is 1.62. The van der Waals surface area contributed by atoms with Gasteiger partial charge in [0.25, 0.3) is 5.91 Å². The van der Waals surface area contributed by atoms with Gasteiger partial charge in [-0.2, -0.15) is 5.10 Å². The van der Waals surface area contributed by atoms with E-state index in [1.807, 2.05) is 0 Å². The molecule has 0 fully saturated rings. The lowest BCUT2D eigenvalue weighted by Crippen LogP contribution is -2.19. The van der Waals surface area contributed by atoms with Crippen LogP contribution in [-0.4, -0.2) is 21.5 Å². The molecule has 0 radical (unpaired) electrons. The number of benzene rings is 1. The molecule has 0 N–H and O–H groups in total. The number of rotatable bonds is 3. The average Bonchev–Trinajstić information content (AvgIpc) is 2.67. The Balaban J connectivity index is 2.50. The van der Waals surface area contributed by atoms with Gasteiger partial charge in [0.2, 0.25) is 0 Å². The van der Waals surface area contributed by atoms with Crippen LogP contribution in [0.2, 0.25) is 0 Å². The number of hydrogen-bond acceptors (Lipinski definition) is 6. The number of hydrogen-bond donors (Lipinski definition) is 0. The normalized spacial score (nSPS) is 14.5. The minimum absolute atomic E-state index is 0.130. The molecule has 0 spiro atoms. The van der Waals surface area contributed by atoms with E-state index in [-0.39, 0.29) is 18.0 Å². The molecule has 1 aromatic carbocycles. The minimum atomic E-state index is -0.862. The van der Waals surface area contributed by atoms with Gasteiger partial charge in [-0.3, -0.25) is 25.0 Å². The first-order chi connectivity index (χ1) is 8.90. The van der Waals surface area contributed by atoms with Crippen molar-refractivity contribution in [1.82, 2.24) is 0 Å². The third-order valence-electron chi connectivity index (χ3n) is 2.51. The summed E-state index contributed by atoms with van der Waals surface area (Å²) in [5, 5.41) is 26.4. The summed E-state index contributed by atoms with van der Waals surface area (Å²) in [6.07, 6.45) is 0.130. The van der Waals surface area contributed by atoms with Crippen LogP contribution in [0.15, 0.2) is 23.3 Å². The Hall–Kier alpha value is -2.84. The van der Waals surface area contributed by atoms with E-state index in [1.165, 1.54) is 6.07 Å². The fraction of sp³-hybridized carbons (Fsp3) is 0.200. The number of anilines is 1. The monoisotopic (exact) mass is 264 g/mol. The van der Waals surface area contributed by atoms with Crippen LogP contribution < -0.4 is 5.01 Å². The zero-order valence-electron chi connectivity index (χ0n) is 9.77. The second-order valence-electron chi connectivity index (χ2n) is 3.90. The lowest BCUT2D eigenvalue weighted by atomic mass is 10.2. The van der Waals surface area contributed by atoms with Crippen LogP contribution in [0, 0.1) is 20.2 Å². The number of hydrazone groups is 1. The van der Waals surface area contributed by atoms with Gasteiger partial charge in [-0.25, -0.2) is 5.01 Å². The van der Waals surface area contributed by atoms with Gasteiger partial charge in [-0.15, -0.1) is 0 Å². The van der Waals surface area contributed by atoms with Crippen LogP contribution >= 0.6 is 0 Å². The second kappa shape index (κ2) is 4.44. The van der Waals surface area contributed by atoms with Gasteiger partial charge in [-0.1, -0.05) is 0 Å². The van der Waals surface area contributed by atoms with E-state index in [0.29, 0.717) is 5.71 Å². The summed E-state index contributed by atoms with van der Waals surface area (Å²) < 4.78 is 0. The van der Waals surface area contributed by atoms with Crippen LogP contribution in [-0.2, 0) is 4.79 Å². The van der Waals surface area contributed by atoms with Crippen LogP contribution in [0.3, 0.4) is 0 Å². The highest BCUT2D eigenvalue weighted by molar-refractivity contribution is 6.12. The molecule has 1 aliphatic heterocycles. The average molecular weight is 264 g/mol. The number of nitrogens with zero attached hydrogens (tertiary/aromatic N) is 4. The van der Waals surface area contributed by atoms with E-state index in [4.69, 9.17) is 0 Å². The van der Waals surface area contributed by atoms with E-state index in [1.54, 1.807) is 6.92 Å². The number of carbonyl (C=O) groups excluding carboxylic acids is 1. The molecule has 0 saturated heterocycles. The van der Waals surface area contributed by atoms with E-state index in [2.05, 4.69) is 5.10 Å². The fourth-order valence-corrected chi connectivity index (χ4v) is 1.70. The molecule has 19 heavy (non-hydrogen) atoms. The molecule has 0 aliphatic carbocycles. The van der Waals surface area contributed by atoms with Crippen molar-refractivity contribution < 1.29 is 14.6 Å². The molecule has 0 unspecified atom stereocenters. The molecule has 98 valence electrons. The summed E-state index contributed by atoms with van der Waals surface area (Å²) in [7, 11) is 0. The highest BCUT2D eigenvalue weighted by Crippen LogP contribution is 2.32. The van der Waals surface area contributed by atoms with Crippen molar-refractivity contribution in [1.29, 1.82) is 0 Å². The van der Waals surface area contributed by atoms with Gasteiger partial charge in [0.15, 0.2) is 0 Å². The summed E-state index contributed by atoms with van der Waals surface area (Å²) >= 11 is 0. The summed E-state index contributed by atoms with van der Waals surface area (Å²) in [5.74, 6) is -0.333. The lowest BCUT2D eigenvalue weighted by Gasteiger charge is -2.10. The molecule has 2 rings (SSSR count). The first-order valence-corrected chi connectivity index (χ1v) is 5.20. The largest absolute Gasteiger partial charge is 0.348 e. The van der Waals surface area contributed by atoms with Crippen LogP contribution in [0.5, 0.6) is 0 Å². The molecule has 1 aliphatic rings. The van der Waals surface area contributed by atoms with Crippen molar-refractivity contribution >= 4 is 28.7 Å². The van der Waals surface area contributed by atoms with Crippen LogP contribution in [0.4, 0.5) is 17.1 Å². The Morgan fingerprint density at radius 2 is 1.84 bits per heavy atom. The minimum Gasteiger partial charge on any atom is -0.272 e. The molecule has 0 saturated carbocycles. The van der Waals surface area contributed by atoms with E-state index < -0.39 is 21.2 Å². The molecule has 0 aromatic heterocycles. The van der Waals surface area contributed by atoms with Gasteiger partial charge in [-0.05, 0) is 13.0 Å². The topological polar surface area (TPSA) is 119 Å². The SMILES string of the molecule is CC1=NN(c2ccc([N+](=O)[O-])c([N+](=O)[O-])c2)C(=O)C1. The van der Waals surface area contributed by atoms with E-state index >= 15 is 0 Å². The molecule has 1 aromatic rings. The Morgan fingerprint density at radius 3 is 2.32 bits per heavy atom. The van der Waals surface area contributed by atoms with Crippen molar-refractivity contribution in [2.75, 3.05) is 5.01 Å². The molecule has 9 nitrogen and oxygen atoms in total. The highest BCUT2D eigenvalue weighted by Gasteiger charge is 2.29. The van der Waals surface area contributed by atoms with Crippen molar-refractivity contribution in [2.24, 2.45) is 5.10 Å². The second-order valence-corrected chi connectivity index (χ2v) is 3.90. The summed E-state index contributed by atoms with van der Waals surface area (Å²) in [5.41, 5.74) is -0.582. The summed E-state index contributed by atoms with van der Waals surface area (Å²) in [4.78, 5) is 31.4. The number of nitro benzene ring substituents is 2. The number of nitro groups is 2. The Bertz CT molecular complexity index is 624. The van der Waals surface area contributed by atoms with Crippen LogP contribution in [0.25, 0.3) is 0 Å². The molecule has 9 heteroatoms. The van der Waals surface area contributed by atoms with E-state index in [0.717, 1.165) is 17.1 Å². The maximum absolute atomic E-state index is 11.6. The van der Waals surface area contributed by atoms with Crippen molar-refractivity contribution in [3.05, 3.63) is 38.4 Å². The molecule has 1 amide bonds. The summed E-state index contributed by atoms with van der Waals surface area (Å²) in [6, 6.07) is 3.22. The standard InChI is InChI=1S/C10H8N4O5/c1-6-4-10(15)12(11-6)7-2-3-8(13(16)17)9(5-7)14(18)19/h2-3,5H,4H2,1H3. The zero-order chi connectivity index (χ0) is 14.2. The Kier molecular flexibility index (Phi) is 2.95.